The average molecular weight is 1750 g/mol. The lowest BCUT2D eigenvalue weighted by atomic mass is 10.1. The summed E-state index contributed by atoms with van der Waals surface area (Å²) >= 11 is 0. The molecule has 0 fully saturated rings. The van der Waals surface area contributed by atoms with E-state index in [-0.39, 0.29) is 176 Å². The van der Waals surface area contributed by atoms with Gasteiger partial charge in [0.15, 0.2) is 39.6 Å². The Morgan fingerprint density at radius 2 is 0.492 bits per heavy atom. The molecule has 29 nitrogen and oxygen atoms in total. The number of para-hydroxylation sites is 2. The number of Topliss-reactive ketones (excluding diaryl/α,β-unsaturated/α-hetero) is 6. The summed E-state index contributed by atoms with van der Waals surface area (Å²) in [6, 6.07) is 58.6. The van der Waals surface area contributed by atoms with E-state index in [1.54, 1.807) is 126 Å². The predicted octanol–water partition coefficient (Wildman–Crippen LogP) is 16.8. The van der Waals surface area contributed by atoms with E-state index in [0.717, 1.165) is 53.1 Å². The van der Waals surface area contributed by atoms with Crippen LogP contribution in [0.25, 0.3) is 5.76 Å². The van der Waals surface area contributed by atoms with Crippen molar-refractivity contribution in [3.63, 3.8) is 0 Å². The molecule has 128 heavy (non-hydrogen) atoms. The molecule has 0 aliphatic carbocycles. The second-order valence-electron chi connectivity index (χ2n) is 28.3. The molecule has 29 heteroatoms. The van der Waals surface area contributed by atoms with Crippen molar-refractivity contribution in [3.05, 3.63) is 326 Å². The van der Waals surface area contributed by atoms with Gasteiger partial charge in [-0.15, -0.1) is 0 Å². The second-order valence-corrected chi connectivity index (χ2v) is 28.3. The maximum atomic E-state index is 12.2. The highest BCUT2D eigenvalue weighted by Gasteiger charge is 2.23. The number of ketones is 6. The molecule has 0 heterocycles. The molecule has 0 radical (unpaired) electrons. The normalized spacial score (nSPS) is 10.2. The Morgan fingerprint density at radius 1 is 0.234 bits per heavy atom. The quantitative estimate of drug-likeness (QED) is 0.0123. The van der Waals surface area contributed by atoms with Crippen LogP contribution in [-0.4, -0.2) is 169 Å². The summed E-state index contributed by atoms with van der Waals surface area (Å²) < 4.78 is 46.5. The number of phenolic OH excluding ortho intramolecular Hbond substituents is 12. The number of hydrogen-bond acceptors (Lipinski definition) is 29. The number of carbonyl (C=O) groups excluding carboxylic acids is 8. The summed E-state index contributed by atoms with van der Waals surface area (Å²) in [6.07, 6.45) is 0. The maximum Gasteiger partial charge on any atom is 0.341 e. The fourth-order valence-electron chi connectivity index (χ4n) is 11.1. The molecule has 0 atom stereocenters. The molecule has 0 saturated carbocycles. The van der Waals surface area contributed by atoms with Crippen LogP contribution in [0.15, 0.2) is 231 Å². The Kier molecular flexibility index (Phi) is 36.4. The van der Waals surface area contributed by atoms with Crippen LogP contribution in [0.3, 0.4) is 0 Å². The number of ether oxygens (including phenoxy) is 9. The second kappa shape index (κ2) is 47.3. The lowest BCUT2D eigenvalue weighted by Gasteiger charge is -2.11. The SMILES string of the molecule is C=C(OC)c1cccc(OCC(=O)c2cc(C)c(O)cc2O)c1.COC(=O)c1ccc(OCC(=O)c2cc(C)c(O)cc2O)cc1.COC(=O)c1ccccc1OCC(=O)c1cc(C)c(O)cc1O.Cc1cc(C(=O)COc2ccccc2)c(O)cc1O.Cc1ccc(OCC(=O)c2cc(C)c(O)cc2O)cc1.Cc1ccc(OCC(=O)c2cc(C)c(O)cc2O)cc1. The van der Waals surface area contributed by atoms with E-state index < -0.39 is 23.5 Å². The third-order valence-electron chi connectivity index (χ3n) is 18.7. The topological polar surface area (TPSA) is 462 Å². The van der Waals surface area contributed by atoms with Gasteiger partial charge in [0.05, 0.1) is 60.3 Å². The third-order valence-corrected chi connectivity index (χ3v) is 18.7. The van der Waals surface area contributed by atoms with Gasteiger partial charge < -0.3 is 104 Å². The van der Waals surface area contributed by atoms with Crippen LogP contribution in [0.5, 0.6) is 103 Å². The fourth-order valence-corrected chi connectivity index (χ4v) is 11.1. The number of esters is 2. The van der Waals surface area contributed by atoms with Crippen LogP contribution in [0.4, 0.5) is 0 Å². The number of hydrogen-bond donors (Lipinski definition) is 12. The first-order valence-corrected chi connectivity index (χ1v) is 38.8. The fraction of sp³-hybridized carbons (Fsp3) is 0.172. The number of benzene rings is 12. The Balaban J connectivity index is 0.000000211. The summed E-state index contributed by atoms with van der Waals surface area (Å²) in [4.78, 5) is 95.3. The zero-order valence-electron chi connectivity index (χ0n) is 71.6. The van der Waals surface area contributed by atoms with Crippen LogP contribution in [0.2, 0.25) is 0 Å². The van der Waals surface area contributed by atoms with Crippen LogP contribution < -0.4 is 28.4 Å². The standard InChI is InChI=1S/C18H18O5.2C17H16O6.2C16H16O4.C15H14O4/c1-11-7-15(17(20)9-16(11)19)18(21)10-23-14-6-4-5-13(8-14)12(2)22-3;1-10-7-13(15(19)8-14(10)18)16(20)9-23-12-5-3-11(4-6-12)17(21)22-2;1-10-7-12(14(19)8-13(10)18)15(20)9-23-16-6-4-3-5-11(16)17(21)22-2;2*1-10-3-5-12(6-4-10)20-9-16(19)13-7-11(2)14(17)8-15(13)18;1-10-7-12(14(17)8-13(10)16)15(18)9-19-11-5-3-2-4-6-11/h4-9,19-20H,2,10H2,1,3H3;2*3-8,18-19H,9H2,1-2H3;2*3-8,17-18H,9H2,1-2H3;2-8,16-17H,9H2,1H3. The molecule has 666 valence electrons. The van der Waals surface area contributed by atoms with Crippen molar-refractivity contribution in [2.75, 3.05) is 61.0 Å². The first-order valence-electron chi connectivity index (χ1n) is 38.8. The van der Waals surface area contributed by atoms with Crippen molar-refractivity contribution in [2.45, 2.75) is 55.4 Å². The van der Waals surface area contributed by atoms with Gasteiger partial charge in [0.2, 0.25) is 34.7 Å². The number of phenols is 12. The smallest absolute Gasteiger partial charge is 0.341 e. The van der Waals surface area contributed by atoms with Crippen LogP contribution >= 0.6 is 0 Å². The lowest BCUT2D eigenvalue weighted by molar-refractivity contribution is 0.0588. The summed E-state index contributed by atoms with van der Waals surface area (Å²) in [5.74, 6) is -2.00. The molecule has 12 aromatic rings. The van der Waals surface area contributed by atoms with E-state index in [4.69, 9.17) is 33.2 Å². The number of aromatic hydroxyl groups is 12. The molecule has 12 N–H and O–H groups in total. The predicted molar refractivity (Wildman–Crippen MR) is 473 cm³/mol. The molecule has 0 bridgehead atoms. The van der Waals surface area contributed by atoms with Gasteiger partial charge in [0.25, 0.3) is 0 Å². The molecule has 0 saturated heterocycles. The Morgan fingerprint density at radius 3 is 0.789 bits per heavy atom. The molecule has 12 aromatic carbocycles. The summed E-state index contributed by atoms with van der Waals surface area (Å²) in [6.45, 7) is 16.2. The maximum absolute atomic E-state index is 12.2. The molecule has 0 unspecified atom stereocenters. The number of aryl methyl sites for hydroxylation is 8. The molecule has 0 amide bonds. The van der Waals surface area contributed by atoms with Gasteiger partial charge >= 0.3 is 11.9 Å². The highest BCUT2D eigenvalue weighted by Crippen LogP contribution is 2.35. The minimum absolute atomic E-state index is 0.0378. The van der Waals surface area contributed by atoms with Crippen LogP contribution in [-0.2, 0) is 14.2 Å². The molecule has 12 rings (SSSR count). The Bertz CT molecular complexity index is 5840. The van der Waals surface area contributed by atoms with Gasteiger partial charge in [-0.05, 0) is 210 Å². The van der Waals surface area contributed by atoms with Crippen molar-refractivity contribution in [3.8, 4) is 103 Å². The largest absolute Gasteiger partial charge is 0.508 e. The molecular formula is C99H96O29. The Labute approximate surface area is 736 Å². The van der Waals surface area contributed by atoms with Crippen LogP contribution in [0.1, 0.15) is 133 Å². The highest BCUT2D eigenvalue weighted by molar-refractivity contribution is 6.04. The van der Waals surface area contributed by atoms with Gasteiger partial charge in [0, 0.05) is 42.0 Å². The summed E-state index contributed by atoms with van der Waals surface area (Å²) in [5, 5.41) is 115. The van der Waals surface area contributed by atoms with Crippen molar-refractivity contribution in [1.82, 2.24) is 0 Å². The third kappa shape index (κ3) is 29.1. The molecule has 0 aromatic heterocycles. The number of carbonyl (C=O) groups is 8. The minimum atomic E-state index is -0.573. The van der Waals surface area contributed by atoms with E-state index in [2.05, 4.69) is 16.1 Å². The van der Waals surface area contributed by atoms with Gasteiger partial charge in [-0.1, -0.05) is 84.4 Å². The average Bonchev–Trinajstić information content (AvgIpc) is 0.836. The highest BCUT2D eigenvalue weighted by atomic mass is 16.5. The molecular weight excluding hydrogens is 1650 g/mol. The summed E-state index contributed by atoms with van der Waals surface area (Å²) in [7, 11) is 4.06. The van der Waals surface area contributed by atoms with Gasteiger partial charge in [0.1, 0.15) is 115 Å². The molecule has 0 aliphatic heterocycles. The molecule has 0 spiro atoms. The number of rotatable bonds is 28. The minimum Gasteiger partial charge on any atom is -0.508 e. The lowest BCUT2D eigenvalue weighted by Crippen LogP contribution is -2.14. The van der Waals surface area contributed by atoms with Crippen molar-refractivity contribution in [2.24, 2.45) is 0 Å². The number of methoxy groups -OCH3 is 3. The van der Waals surface area contributed by atoms with E-state index in [1.165, 1.54) is 75.9 Å². The van der Waals surface area contributed by atoms with Gasteiger partial charge in [-0.25, -0.2) is 9.59 Å². The zero-order valence-corrected chi connectivity index (χ0v) is 71.6. The summed E-state index contributed by atoms with van der Waals surface area (Å²) in [5.41, 5.74) is 7.23. The monoisotopic (exact) mass is 1750 g/mol. The first kappa shape index (κ1) is 98.7. The zero-order chi connectivity index (χ0) is 94.2. The van der Waals surface area contributed by atoms with E-state index in [1.807, 2.05) is 62.4 Å². The van der Waals surface area contributed by atoms with Crippen LogP contribution in [0, 0.1) is 55.4 Å². The van der Waals surface area contributed by atoms with Crippen molar-refractivity contribution in [1.29, 1.82) is 0 Å². The van der Waals surface area contributed by atoms with E-state index in [0.29, 0.717) is 73.5 Å². The first-order chi connectivity index (χ1) is 60.8. The van der Waals surface area contributed by atoms with Gasteiger partial charge in [-0.2, -0.15) is 0 Å². The van der Waals surface area contributed by atoms with Crippen molar-refractivity contribution < 1.29 is 142 Å². The van der Waals surface area contributed by atoms with Crippen molar-refractivity contribution >= 4 is 52.4 Å². The molecule has 0 aliphatic rings. The van der Waals surface area contributed by atoms with E-state index in [9.17, 15) is 99.6 Å². The van der Waals surface area contributed by atoms with Gasteiger partial charge in [-0.3, -0.25) is 28.8 Å². The van der Waals surface area contributed by atoms with E-state index >= 15 is 0 Å². The Hall–Kier alpha value is -16.5.